The van der Waals surface area contributed by atoms with Gasteiger partial charge in [-0.05, 0) is 35.7 Å². The molecule has 0 aliphatic heterocycles. The van der Waals surface area contributed by atoms with E-state index in [1.807, 2.05) is 16.9 Å². The van der Waals surface area contributed by atoms with Crippen molar-refractivity contribution < 1.29 is 0 Å². The zero-order valence-corrected chi connectivity index (χ0v) is 11.7. The third-order valence-electron chi connectivity index (χ3n) is 2.52. The molecule has 0 heterocycles. The van der Waals surface area contributed by atoms with Crippen molar-refractivity contribution >= 4 is 21.6 Å². The van der Waals surface area contributed by atoms with Gasteiger partial charge in [0, 0.05) is 9.79 Å². The molecule has 0 fully saturated rings. The van der Waals surface area contributed by atoms with Crippen LogP contribution in [0.15, 0.2) is 64.4 Å². The van der Waals surface area contributed by atoms with Crippen LogP contribution >= 0.6 is 21.6 Å². The molecule has 2 aromatic carbocycles. The third-order valence-corrected chi connectivity index (χ3v) is 4.94. The molecule has 2 heteroatoms. The van der Waals surface area contributed by atoms with Crippen LogP contribution in [0.3, 0.4) is 0 Å². The Morgan fingerprint density at radius 1 is 0.706 bits per heavy atom. The first-order chi connectivity index (χ1) is 8.25. The van der Waals surface area contributed by atoms with Crippen molar-refractivity contribution in [2.24, 2.45) is 0 Å². The Bertz CT molecular complexity index is 446. The SMILES string of the molecule is CC(C)c1ccc(SSc2ccccc2)cc1. The van der Waals surface area contributed by atoms with E-state index in [1.54, 1.807) is 10.8 Å². The Balaban J connectivity index is 1.96. The smallest absolute Gasteiger partial charge is 0.0186 e. The summed E-state index contributed by atoms with van der Waals surface area (Å²) in [6.45, 7) is 4.45. The molecule has 0 aromatic heterocycles. The van der Waals surface area contributed by atoms with Crippen LogP contribution in [-0.4, -0.2) is 0 Å². The van der Waals surface area contributed by atoms with Gasteiger partial charge in [0.1, 0.15) is 0 Å². The van der Waals surface area contributed by atoms with Gasteiger partial charge in [0.05, 0.1) is 0 Å². The number of rotatable bonds is 4. The fourth-order valence-electron chi connectivity index (χ4n) is 1.48. The third kappa shape index (κ3) is 3.83. The molecule has 17 heavy (non-hydrogen) atoms. The largest absolute Gasteiger partial charge is 0.0622 e. The number of hydrogen-bond donors (Lipinski definition) is 0. The summed E-state index contributed by atoms with van der Waals surface area (Å²) >= 11 is 0. The lowest BCUT2D eigenvalue weighted by atomic mass is 10.0. The summed E-state index contributed by atoms with van der Waals surface area (Å²) in [6, 6.07) is 19.3. The second kappa shape index (κ2) is 6.18. The molecule has 2 aromatic rings. The molecule has 0 aliphatic rings. The molecule has 88 valence electrons. The van der Waals surface area contributed by atoms with Gasteiger partial charge >= 0.3 is 0 Å². The molecule has 0 bridgehead atoms. The average molecular weight is 260 g/mol. The summed E-state index contributed by atoms with van der Waals surface area (Å²) in [5.41, 5.74) is 1.40. The summed E-state index contributed by atoms with van der Waals surface area (Å²) in [5, 5.41) is 0. The van der Waals surface area contributed by atoms with Gasteiger partial charge in [-0.25, -0.2) is 0 Å². The van der Waals surface area contributed by atoms with Crippen LogP contribution in [0.5, 0.6) is 0 Å². The van der Waals surface area contributed by atoms with Crippen LogP contribution in [0.2, 0.25) is 0 Å². The average Bonchev–Trinajstić information content (AvgIpc) is 2.38. The van der Waals surface area contributed by atoms with Gasteiger partial charge in [0.25, 0.3) is 0 Å². The number of benzene rings is 2. The first-order valence-corrected chi connectivity index (χ1v) is 7.90. The molecule has 0 saturated heterocycles. The molecule has 0 amide bonds. The maximum Gasteiger partial charge on any atom is 0.0186 e. The van der Waals surface area contributed by atoms with Gasteiger partial charge in [-0.1, -0.05) is 65.8 Å². The normalized spacial score (nSPS) is 10.8. The minimum Gasteiger partial charge on any atom is -0.0622 e. The lowest BCUT2D eigenvalue weighted by Crippen LogP contribution is -1.85. The highest BCUT2D eigenvalue weighted by molar-refractivity contribution is 8.76. The zero-order chi connectivity index (χ0) is 12.1. The van der Waals surface area contributed by atoms with Crippen molar-refractivity contribution in [2.45, 2.75) is 29.6 Å². The summed E-state index contributed by atoms with van der Waals surface area (Å²) in [6.07, 6.45) is 0. The Morgan fingerprint density at radius 3 is 1.76 bits per heavy atom. The van der Waals surface area contributed by atoms with E-state index in [0.717, 1.165) is 0 Å². The van der Waals surface area contributed by atoms with Gasteiger partial charge in [-0.3, -0.25) is 0 Å². The van der Waals surface area contributed by atoms with Crippen LogP contribution in [0.1, 0.15) is 25.3 Å². The molecule has 0 N–H and O–H groups in total. The van der Waals surface area contributed by atoms with Gasteiger partial charge in [0.2, 0.25) is 0 Å². The maximum atomic E-state index is 2.22. The first-order valence-electron chi connectivity index (χ1n) is 5.75. The number of hydrogen-bond acceptors (Lipinski definition) is 2. The molecule has 0 saturated carbocycles. The molecule has 0 nitrogen and oxygen atoms in total. The van der Waals surface area contributed by atoms with Crippen LogP contribution in [-0.2, 0) is 0 Å². The quantitative estimate of drug-likeness (QED) is 0.655. The standard InChI is InChI=1S/C15H16S2/c1-12(2)13-8-10-15(11-9-13)17-16-14-6-4-3-5-7-14/h3-12H,1-2H3. The maximum absolute atomic E-state index is 2.22. The minimum atomic E-state index is 0.607. The second-order valence-electron chi connectivity index (χ2n) is 4.20. The highest BCUT2D eigenvalue weighted by Crippen LogP contribution is 2.37. The lowest BCUT2D eigenvalue weighted by Gasteiger charge is -2.06. The molecule has 0 atom stereocenters. The summed E-state index contributed by atoms with van der Waals surface area (Å²) in [7, 11) is 3.62. The van der Waals surface area contributed by atoms with Crippen molar-refractivity contribution in [3.05, 3.63) is 60.2 Å². The Morgan fingerprint density at radius 2 is 1.24 bits per heavy atom. The molecule has 0 radical (unpaired) electrons. The van der Waals surface area contributed by atoms with Crippen LogP contribution < -0.4 is 0 Å². The zero-order valence-electron chi connectivity index (χ0n) is 10.1. The molecule has 2 rings (SSSR count). The van der Waals surface area contributed by atoms with Gasteiger partial charge < -0.3 is 0 Å². The van der Waals surface area contributed by atoms with Gasteiger partial charge in [-0.2, -0.15) is 0 Å². The van der Waals surface area contributed by atoms with E-state index in [2.05, 4.69) is 62.4 Å². The fourth-order valence-corrected chi connectivity index (χ4v) is 3.43. The van der Waals surface area contributed by atoms with Crippen molar-refractivity contribution in [3.63, 3.8) is 0 Å². The predicted octanol–water partition coefficient (Wildman–Crippen LogP) is 5.61. The Hall–Kier alpha value is -0.860. The van der Waals surface area contributed by atoms with E-state index in [0.29, 0.717) is 5.92 Å². The van der Waals surface area contributed by atoms with Crippen LogP contribution in [0.4, 0.5) is 0 Å². The van der Waals surface area contributed by atoms with Crippen molar-refractivity contribution in [1.82, 2.24) is 0 Å². The van der Waals surface area contributed by atoms with Crippen molar-refractivity contribution in [2.75, 3.05) is 0 Å². The van der Waals surface area contributed by atoms with E-state index >= 15 is 0 Å². The summed E-state index contributed by atoms with van der Waals surface area (Å²) in [4.78, 5) is 2.61. The van der Waals surface area contributed by atoms with Gasteiger partial charge in [-0.15, -0.1) is 0 Å². The molecular formula is C15H16S2. The summed E-state index contributed by atoms with van der Waals surface area (Å²) < 4.78 is 0. The lowest BCUT2D eigenvalue weighted by molar-refractivity contribution is 0.865. The predicted molar refractivity (Wildman–Crippen MR) is 78.7 cm³/mol. The van der Waals surface area contributed by atoms with Crippen LogP contribution in [0, 0.1) is 0 Å². The van der Waals surface area contributed by atoms with E-state index in [9.17, 15) is 0 Å². The first kappa shape index (κ1) is 12.6. The van der Waals surface area contributed by atoms with E-state index in [1.165, 1.54) is 15.4 Å². The van der Waals surface area contributed by atoms with Gasteiger partial charge in [0.15, 0.2) is 0 Å². The molecule has 0 unspecified atom stereocenters. The Kier molecular flexibility index (Phi) is 4.57. The Labute approximate surface area is 111 Å². The van der Waals surface area contributed by atoms with E-state index in [4.69, 9.17) is 0 Å². The van der Waals surface area contributed by atoms with Crippen molar-refractivity contribution in [3.8, 4) is 0 Å². The van der Waals surface area contributed by atoms with Crippen LogP contribution in [0.25, 0.3) is 0 Å². The van der Waals surface area contributed by atoms with Crippen molar-refractivity contribution in [1.29, 1.82) is 0 Å². The van der Waals surface area contributed by atoms with E-state index < -0.39 is 0 Å². The molecular weight excluding hydrogens is 244 g/mol. The molecule has 0 spiro atoms. The topological polar surface area (TPSA) is 0 Å². The summed E-state index contributed by atoms with van der Waals surface area (Å²) in [5.74, 6) is 0.607. The second-order valence-corrected chi connectivity index (χ2v) is 6.48. The highest BCUT2D eigenvalue weighted by atomic mass is 33.1. The van der Waals surface area contributed by atoms with E-state index in [-0.39, 0.29) is 0 Å². The minimum absolute atomic E-state index is 0.607. The highest BCUT2D eigenvalue weighted by Gasteiger charge is 2.00. The monoisotopic (exact) mass is 260 g/mol. The molecule has 0 aliphatic carbocycles. The fraction of sp³-hybridized carbons (Fsp3) is 0.200.